The maximum absolute atomic E-state index is 12.9. The molecule has 3 rings (SSSR count). The molecule has 1 aromatic carbocycles. The smallest absolute Gasteiger partial charge is 0.337 e. The Morgan fingerprint density at radius 1 is 1.30 bits per heavy atom. The van der Waals surface area contributed by atoms with Crippen LogP contribution in [0.25, 0.3) is 10.2 Å². The molecule has 0 amide bonds. The highest BCUT2D eigenvalue weighted by Gasteiger charge is 2.19. The van der Waals surface area contributed by atoms with Gasteiger partial charge in [0.15, 0.2) is 0 Å². The van der Waals surface area contributed by atoms with Gasteiger partial charge in [-0.2, -0.15) is 0 Å². The van der Waals surface area contributed by atoms with Crippen LogP contribution >= 0.6 is 11.3 Å². The molecular weight excluding hydrogens is 312 g/mol. The minimum atomic E-state index is -1.09. The Labute approximate surface area is 136 Å². The molecule has 0 spiro atoms. The molecule has 0 aliphatic carbocycles. The third-order valence-corrected chi connectivity index (χ3v) is 4.53. The SMILES string of the molecule is CCCc1nc2scc(C(=O)O)c2c(=O)n1Cc1ccccc1. The number of benzene rings is 1. The fraction of sp³-hybridized carbons (Fsp3) is 0.235. The first-order valence-corrected chi connectivity index (χ1v) is 8.28. The Hall–Kier alpha value is -2.47. The molecule has 3 aromatic rings. The highest BCUT2D eigenvalue weighted by molar-refractivity contribution is 7.17. The molecule has 0 fully saturated rings. The van der Waals surface area contributed by atoms with Gasteiger partial charge in [-0.3, -0.25) is 9.36 Å². The topological polar surface area (TPSA) is 72.2 Å². The third-order valence-electron chi connectivity index (χ3n) is 3.66. The first-order chi connectivity index (χ1) is 11.1. The molecular formula is C17H16N2O3S. The van der Waals surface area contributed by atoms with Crippen molar-refractivity contribution in [2.45, 2.75) is 26.3 Å². The van der Waals surface area contributed by atoms with Crippen LogP contribution in [0.2, 0.25) is 0 Å². The predicted molar refractivity (Wildman–Crippen MR) is 90.4 cm³/mol. The van der Waals surface area contributed by atoms with E-state index in [1.807, 2.05) is 37.3 Å². The summed E-state index contributed by atoms with van der Waals surface area (Å²) in [5.41, 5.74) is 0.744. The normalized spacial score (nSPS) is 11.0. The Balaban J connectivity index is 2.22. The van der Waals surface area contributed by atoms with Gasteiger partial charge >= 0.3 is 5.97 Å². The van der Waals surface area contributed by atoms with Gasteiger partial charge in [0.05, 0.1) is 17.5 Å². The van der Waals surface area contributed by atoms with E-state index in [-0.39, 0.29) is 16.5 Å². The number of fused-ring (bicyclic) bond motifs is 1. The van der Waals surface area contributed by atoms with Crippen molar-refractivity contribution in [1.29, 1.82) is 0 Å². The molecule has 6 heteroatoms. The number of rotatable bonds is 5. The summed E-state index contributed by atoms with van der Waals surface area (Å²) in [5.74, 6) is -0.391. The molecule has 0 aliphatic heterocycles. The van der Waals surface area contributed by atoms with Gasteiger partial charge in [-0.1, -0.05) is 37.3 Å². The number of aromatic carboxylic acids is 1. The van der Waals surface area contributed by atoms with E-state index in [0.29, 0.717) is 23.6 Å². The van der Waals surface area contributed by atoms with E-state index in [0.717, 1.165) is 12.0 Å². The second-order valence-electron chi connectivity index (χ2n) is 5.29. The number of carboxylic acid groups (broad SMARTS) is 1. The molecule has 0 aliphatic rings. The Morgan fingerprint density at radius 2 is 2.04 bits per heavy atom. The van der Waals surface area contributed by atoms with Crippen LogP contribution in [0.4, 0.5) is 0 Å². The van der Waals surface area contributed by atoms with Crippen LogP contribution in [-0.2, 0) is 13.0 Å². The molecule has 23 heavy (non-hydrogen) atoms. The standard InChI is InChI=1S/C17H16N2O3S/c1-2-6-13-18-15-14(12(10-23-15)17(21)22)16(20)19(13)9-11-7-4-3-5-8-11/h3-5,7-8,10H,2,6,9H2,1H3,(H,21,22). The van der Waals surface area contributed by atoms with E-state index in [2.05, 4.69) is 4.98 Å². The van der Waals surface area contributed by atoms with E-state index in [1.54, 1.807) is 4.57 Å². The number of carbonyl (C=O) groups is 1. The Morgan fingerprint density at radius 3 is 2.70 bits per heavy atom. The Bertz CT molecular complexity index is 913. The van der Waals surface area contributed by atoms with Gasteiger partial charge in [0.25, 0.3) is 5.56 Å². The van der Waals surface area contributed by atoms with Gasteiger partial charge in [0.1, 0.15) is 10.7 Å². The van der Waals surface area contributed by atoms with Crippen molar-refractivity contribution in [2.75, 3.05) is 0 Å². The molecule has 1 N–H and O–H groups in total. The summed E-state index contributed by atoms with van der Waals surface area (Å²) in [6.07, 6.45) is 1.54. The maximum Gasteiger partial charge on any atom is 0.337 e. The van der Waals surface area contributed by atoms with Crippen molar-refractivity contribution >= 4 is 27.5 Å². The fourth-order valence-corrected chi connectivity index (χ4v) is 3.49. The van der Waals surface area contributed by atoms with Crippen molar-refractivity contribution in [3.05, 3.63) is 63.0 Å². The molecule has 5 nitrogen and oxygen atoms in total. The molecule has 2 heterocycles. The quantitative estimate of drug-likeness (QED) is 0.781. The van der Waals surface area contributed by atoms with Crippen molar-refractivity contribution in [3.63, 3.8) is 0 Å². The summed E-state index contributed by atoms with van der Waals surface area (Å²) in [6.45, 7) is 2.42. The summed E-state index contributed by atoms with van der Waals surface area (Å²) in [6, 6.07) is 9.64. The lowest BCUT2D eigenvalue weighted by Gasteiger charge is -2.12. The second-order valence-corrected chi connectivity index (χ2v) is 6.15. The van der Waals surface area contributed by atoms with E-state index in [1.165, 1.54) is 16.7 Å². The summed E-state index contributed by atoms with van der Waals surface area (Å²) in [5, 5.41) is 11.0. The van der Waals surface area contributed by atoms with Gasteiger partial charge in [-0.05, 0) is 12.0 Å². The van der Waals surface area contributed by atoms with Crippen LogP contribution in [0.3, 0.4) is 0 Å². The zero-order valence-electron chi connectivity index (χ0n) is 12.7. The van der Waals surface area contributed by atoms with E-state index in [9.17, 15) is 14.7 Å². The molecule has 118 valence electrons. The van der Waals surface area contributed by atoms with Crippen LogP contribution < -0.4 is 5.56 Å². The van der Waals surface area contributed by atoms with Crippen LogP contribution in [-0.4, -0.2) is 20.6 Å². The molecule has 0 bridgehead atoms. The summed E-state index contributed by atoms with van der Waals surface area (Å²) in [7, 11) is 0. The molecule has 0 atom stereocenters. The second kappa shape index (κ2) is 6.34. The van der Waals surface area contributed by atoms with Gasteiger partial charge in [0.2, 0.25) is 0 Å². The van der Waals surface area contributed by atoms with Gasteiger partial charge < -0.3 is 5.11 Å². The average molecular weight is 328 g/mol. The average Bonchev–Trinajstić information content (AvgIpc) is 2.96. The zero-order valence-corrected chi connectivity index (χ0v) is 13.5. The van der Waals surface area contributed by atoms with E-state index in [4.69, 9.17) is 0 Å². The third kappa shape index (κ3) is 2.90. The summed E-state index contributed by atoms with van der Waals surface area (Å²) in [4.78, 5) is 29.3. The van der Waals surface area contributed by atoms with Crippen molar-refractivity contribution < 1.29 is 9.90 Å². The minimum absolute atomic E-state index is 0.0346. The number of hydrogen-bond acceptors (Lipinski definition) is 4. The number of carboxylic acids is 1. The number of aromatic nitrogens is 2. The van der Waals surface area contributed by atoms with Crippen LogP contribution in [0.15, 0.2) is 40.5 Å². The molecule has 0 radical (unpaired) electrons. The number of nitrogens with zero attached hydrogens (tertiary/aromatic N) is 2. The van der Waals surface area contributed by atoms with E-state index < -0.39 is 5.97 Å². The minimum Gasteiger partial charge on any atom is -0.478 e. The largest absolute Gasteiger partial charge is 0.478 e. The monoisotopic (exact) mass is 328 g/mol. The zero-order chi connectivity index (χ0) is 16.4. The van der Waals surface area contributed by atoms with Crippen molar-refractivity contribution in [3.8, 4) is 0 Å². The van der Waals surface area contributed by atoms with Crippen molar-refractivity contribution in [1.82, 2.24) is 9.55 Å². The van der Waals surface area contributed by atoms with Gasteiger partial charge in [-0.15, -0.1) is 11.3 Å². The molecule has 0 saturated carbocycles. The van der Waals surface area contributed by atoms with Crippen molar-refractivity contribution in [2.24, 2.45) is 0 Å². The summed E-state index contributed by atoms with van der Waals surface area (Å²) >= 11 is 1.21. The van der Waals surface area contributed by atoms with E-state index >= 15 is 0 Å². The fourth-order valence-electron chi connectivity index (χ4n) is 2.57. The number of aryl methyl sites for hydroxylation is 1. The first-order valence-electron chi connectivity index (χ1n) is 7.40. The lowest BCUT2D eigenvalue weighted by Crippen LogP contribution is -2.26. The Kier molecular flexibility index (Phi) is 4.25. The molecule has 0 unspecified atom stereocenters. The van der Waals surface area contributed by atoms with Gasteiger partial charge in [-0.25, -0.2) is 9.78 Å². The highest BCUT2D eigenvalue weighted by atomic mass is 32.1. The molecule has 2 aromatic heterocycles. The van der Waals surface area contributed by atoms with Gasteiger partial charge in [0, 0.05) is 11.8 Å². The van der Waals surface area contributed by atoms with Crippen LogP contribution in [0.1, 0.15) is 35.1 Å². The number of hydrogen-bond donors (Lipinski definition) is 1. The number of thiophene rings is 1. The lowest BCUT2D eigenvalue weighted by atomic mass is 10.2. The van der Waals surface area contributed by atoms with Crippen LogP contribution in [0, 0.1) is 0 Å². The lowest BCUT2D eigenvalue weighted by molar-refractivity contribution is 0.0699. The molecule has 0 saturated heterocycles. The maximum atomic E-state index is 12.9. The highest BCUT2D eigenvalue weighted by Crippen LogP contribution is 2.22. The summed E-state index contributed by atoms with van der Waals surface area (Å²) < 4.78 is 1.60. The predicted octanol–water partition coefficient (Wildman–Crippen LogP) is 3.16. The first kappa shape index (κ1) is 15.4. The van der Waals surface area contributed by atoms with Crippen LogP contribution in [0.5, 0.6) is 0 Å².